The first-order valence-corrected chi connectivity index (χ1v) is 6.66. The molecule has 0 radical (unpaired) electrons. The Morgan fingerprint density at radius 1 is 1.05 bits per heavy atom. The van der Waals surface area contributed by atoms with Gasteiger partial charge in [0.1, 0.15) is 0 Å². The van der Waals surface area contributed by atoms with Gasteiger partial charge in [0.25, 0.3) is 5.69 Å². The molecule has 0 aliphatic carbocycles. The molecule has 0 amide bonds. The molecule has 2 N–H and O–H groups in total. The van der Waals surface area contributed by atoms with Gasteiger partial charge in [0.2, 0.25) is 0 Å². The standard InChI is InChI=1S/C16H17N3O2/c1-11(2)12-3-5-13(6-4-12)16(18-17)14-7-9-15(10-8-14)19(20)21/h3-11H,17H2,1-2H3/b18-16-. The number of nitro groups is 1. The van der Waals surface area contributed by atoms with Crippen molar-refractivity contribution in [1.82, 2.24) is 0 Å². The maximum atomic E-state index is 10.7. The minimum absolute atomic E-state index is 0.0466. The van der Waals surface area contributed by atoms with Crippen LogP contribution in [0, 0.1) is 10.1 Å². The smallest absolute Gasteiger partial charge is 0.269 e. The molecular formula is C16H17N3O2. The van der Waals surface area contributed by atoms with Gasteiger partial charge in [-0.05, 0) is 23.6 Å². The predicted molar refractivity (Wildman–Crippen MR) is 83.5 cm³/mol. The molecule has 21 heavy (non-hydrogen) atoms. The fourth-order valence-electron chi connectivity index (χ4n) is 2.08. The minimum atomic E-state index is -0.430. The van der Waals surface area contributed by atoms with E-state index in [4.69, 9.17) is 5.84 Å². The maximum absolute atomic E-state index is 10.7. The van der Waals surface area contributed by atoms with Crippen molar-refractivity contribution in [3.63, 3.8) is 0 Å². The Hall–Kier alpha value is -2.69. The monoisotopic (exact) mass is 283 g/mol. The van der Waals surface area contributed by atoms with Crippen LogP contribution in [-0.2, 0) is 0 Å². The summed E-state index contributed by atoms with van der Waals surface area (Å²) in [6, 6.07) is 14.2. The maximum Gasteiger partial charge on any atom is 0.269 e. The van der Waals surface area contributed by atoms with Gasteiger partial charge in [-0.15, -0.1) is 0 Å². The molecule has 2 aromatic rings. The SMILES string of the molecule is CC(C)c1ccc(/C(=N/N)c2ccc([N+](=O)[O-])cc2)cc1. The highest BCUT2D eigenvalue weighted by molar-refractivity contribution is 6.12. The van der Waals surface area contributed by atoms with Gasteiger partial charge < -0.3 is 5.84 Å². The molecule has 0 atom stereocenters. The summed E-state index contributed by atoms with van der Waals surface area (Å²) in [5, 5.41) is 14.5. The molecule has 108 valence electrons. The van der Waals surface area contributed by atoms with Crippen LogP contribution >= 0.6 is 0 Å². The number of hydrogen-bond donors (Lipinski definition) is 1. The number of nitrogens with zero attached hydrogens (tertiary/aromatic N) is 2. The third-order valence-electron chi connectivity index (χ3n) is 3.33. The molecule has 0 heterocycles. The number of hydrazone groups is 1. The molecular weight excluding hydrogens is 266 g/mol. The Bertz CT molecular complexity index is 659. The Kier molecular flexibility index (Phi) is 4.33. The molecule has 0 aliphatic heterocycles. The predicted octanol–water partition coefficient (Wildman–Crippen LogP) is 3.43. The summed E-state index contributed by atoms with van der Waals surface area (Å²) in [5.74, 6) is 5.94. The van der Waals surface area contributed by atoms with E-state index in [1.54, 1.807) is 12.1 Å². The third-order valence-corrected chi connectivity index (χ3v) is 3.33. The van der Waals surface area contributed by atoms with Crippen molar-refractivity contribution in [2.75, 3.05) is 0 Å². The summed E-state index contributed by atoms with van der Waals surface area (Å²) < 4.78 is 0. The van der Waals surface area contributed by atoms with Crippen molar-refractivity contribution >= 4 is 11.4 Å². The molecule has 0 bridgehead atoms. The lowest BCUT2D eigenvalue weighted by atomic mass is 9.97. The third kappa shape index (κ3) is 3.25. The van der Waals surface area contributed by atoms with Gasteiger partial charge in [0.05, 0.1) is 10.6 Å². The van der Waals surface area contributed by atoms with Crippen LogP contribution in [0.25, 0.3) is 0 Å². The molecule has 0 saturated carbocycles. The molecule has 0 fully saturated rings. The zero-order chi connectivity index (χ0) is 15.4. The average Bonchev–Trinajstić information content (AvgIpc) is 2.49. The van der Waals surface area contributed by atoms with E-state index in [-0.39, 0.29) is 5.69 Å². The second kappa shape index (κ2) is 6.17. The highest BCUT2D eigenvalue weighted by Crippen LogP contribution is 2.19. The van der Waals surface area contributed by atoms with Crippen LogP contribution in [0.4, 0.5) is 5.69 Å². The van der Waals surface area contributed by atoms with Gasteiger partial charge in [-0.2, -0.15) is 5.10 Å². The van der Waals surface area contributed by atoms with Gasteiger partial charge in [-0.1, -0.05) is 38.1 Å². The van der Waals surface area contributed by atoms with Gasteiger partial charge in [-0.3, -0.25) is 10.1 Å². The second-order valence-electron chi connectivity index (χ2n) is 5.06. The molecule has 0 spiro atoms. The number of nitrogens with two attached hydrogens (primary N) is 1. The van der Waals surface area contributed by atoms with Crippen molar-refractivity contribution in [3.05, 3.63) is 75.3 Å². The highest BCUT2D eigenvalue weighted by atomic mass is 16.6. The van der Waals surface area contributed by atoms with E-state index in [1.165, 1.54) is 17.7 Å². The van der Waals surface area contributed by atoms with Crippen LogP contribution in [-0.4, -0.2) is 10.6 Å². The van der Waals surface area contributed by atoms with Crippen LogP contribution in [0.5, 0.6) is 0 Å². The van der Waals surface area contributed by atoms with E-state index >= 15 is 0 Å². The van der Waals surface area contributed by atoms with E-state index < -0.39 is 4.92 Å². The first kappa shape index (κ1) is 14.7. The van der Waals surface area contributed by atoms with E-state index in [1.807, 2.05) is 24.3 Å². The van der Waals surface area contributed by atoms with E-state index in [0.717, 1.165) is 11.1 Å². The summed E-state index contributed by atoms with van der Waals surface area (Å²) in [4.78, 5) is 10.2. The number of rotatable bonds is 4. The lowest BCUT2D eigenvalue weighted by molar-refractivity contribution is -0.384. The van der Waals surface area contributed by atoms with Crippen LogP contribution in [0.15, 0.2) is 53.6 Å². The van der Waals surface area contributed by atoms with Gasteiger partial charge in [-0.25, -0.2) is 0 Å². The quantitative estimate of drug-likeness (QED) is 0.404. The van der Waals surface area contributed by atoms with Crippen molar-refractivity contribution in [2.45, 2.75) is 19.8 Å². The molecule has 2 rings (SSSR count). The first-order chi connectivity index (χ1) is 10.0. The van der Waals surface area contributed by atoms with Crippen molar-refractivity contribution in [3.8, 4) is 0 Å². The van der Waals surface area contributed by atoms with E-state index in [9.17, 15) is 10.1 Å². The summed E-state index contributed by atoms with van der Waals surface area (Å²) in [6.07, 6.45) is 0. The Morgan fingerprint density at radius 3 is 1.90 bits per heavy atom. The molecule has 0 saturated heterocycles. The summed E-state index contributed by atoms with van der Waals surface area (Å²) >= 11 is 0. The second-order valence-corrected chi connectivity index (χ2v) is 5.06. The molecule has 0 unspecified atom stereocenters. The number of benzene rings is 2. The van der Waals surface area contributed by atoms with Crippen molar-refractivity contribution in [2.24, 2.45) is 10.9 Å². The van der Waals surface area contributed by atoms with Crippen molar-refractivity contribution < 1.29 is 4.92 Å². The Balaban J connectivity index is 2.33. The number of hydrogen-bond acceptors (Lipinski definition) is 4. The lowest BCUT2D eigenvalue weighted by Crippen LogP contribution is -2.06. The normalized spacial score (nSPS) is 11.7. The summed E-state index contributed by atoms with van der Waals surface area (Å²) in [5.41, 5.74) is 3.53. The first-order valence-electron chi connectivity index (χ1n) is 6.66. The van der Waals surface area contributed by atoms with Crippen LogP contribution in [0.1, 0.15) is 36.5 Å². The average molecular weight is 283 g/mol. The Labute approximate surface area is 123 Å². The fourth-order valence-corrected chi connectivity index (χ4v) is 2.08. The molecule has 0 aliphatic rings. The minimum Gasteiger partial charge on any atom is -0.323 e. The highest BCUT2D eigenvalue weighted by Gasteiger charge is 2.10. The molecule has 5 nitrogen and oxygen atoms in total. The van der Waals surface area contributed by atoms with Crippen LogP contribution in [0.2, 0.25) is 0 Å². The summed E-state index contributed by atoms with van der Waals surface area (Å²) in [7, 11) is 0. The number of non-ortho nitro benzene ring substituents is 1. The Morgan fingerprint density at radius 2 is 1.52 bits per heavy atom. The van der Waals surface area contributed by atoms with Crippen LogP contribution < -0.4 is 5.84 Å². The van der Waals surface area contributed by atoms with Gasteiger partial charge >= 0.3 is 0 Å². The topological polar surface area (TPSA) is 81.5 Å². The van der Waals surface area contributed by atoms with Crippen LogP contribution in [0.3, 0.4) is 0 Å². The lowest BCUT2D eigenvalue weighted by Gasteiger charge is -2.09. The zero-order valence-electron chi connectivity index (χ0n) is 12.0. The van der Waals surface area contributed by atoms with Gasteiger partial charge in [0, 0.05) is 23.3 Å². The summed E-state index contributed by atoms with van der Waals surface area (Å²) in [6.45, 7) is 4.26. The zero-order valence-corrected chi connectivity index (χ0v) is 12.0. The van der Waals surface area contributed by atoms with Crippen molar-refractivity contribution in [1.29, 1.82) is 0 Å². The van der Waals surface area contributed by atoms with Gasteiger partial charge in [0.15, 0.2) is 0 Å². The van der Waals surface area contributed by atoms with E-state index in [2.05, 4.69) is 18.9 Å². The largest absolute Gasteiger partial charge is 0.323 e. The number of nitro benzene ring substituents is 1. The fraction of sp³-hybridized carbons (Fsp3) is 0.188. The van der Waals surface area contributed by atoms with E-state index in [0.29, 0.717) is 11.6 Å². The molecule has 0 aromatic heterocycles. The molecule has 2 aromatic carbocycles. The molecule has 5 heteroatoms.